The van der Waals surface area contributed by atoms with E-state index in [-0.39, 0.29) is 5.56 Å². The van der Waals surface area contributed by atoms with Crippen LogP contribution in [0.15, 0.2) is 41.3 Å². The van der Waals surface area contributed by atoms with Crippen LogP contribution < -0.4 is 5.56 Å². The van der Waals surface area contributed by atoms with E-state index in [1.54, 1.807) is 6.92 Å². The first-order valence-corrected chi connectivity index (χ1v) is 6.40. The summed E-state index contributed by atoms with van der Waals surface area (Å²) in [5, 5.41) is 0.320. The van der Waals surface area contributed by atoms with E-state index in [1.807, 2.05) is 30.3 Å². The van der Waals surface area contributed by atoms with Crippen LogP contribution in [0.5, 0.6) is 0 Å². The molecule has 0 aliphatic rings. The molecule has 100 valence electrons. The van der Waals surface area contributed by atoms with Crippen molar-refractivity contribution in [3.63, 3.8) is 0 Å². The van der Waals surface area contributed by atoms with Crippen LogP contribution in [0, 0.1) is 6.92 Å². The summed E-state index contributed by atoms with van der Waals surface area (Å²) >= 11 is 5.82. The van der Waals surface area contributed by atoms with Crippen molar-refractivity contribution in [2.24, 2.45) is 0 Å². The molecule has 2 rings (SSSR count). The van der Waals surface area contributed by atoms with Gasteiger partial charge in [-0.25, -0.2) is 4.98 Å². The number of hydrogen-bond donors (Lipinski definition) is 0. The van der Waals surface area contributed by atoms with E-state index in [0.29, 0.717) is 30.6 Å². The minimum Gasteiger partial charge on any atom is -0.375 e. The maximum absolute atomic E-state index is 11.8. The average molecular weight is 279 g/mol. The minimum atomic E-state index is -0.132. The first kappa shape index (κ1) is 13.8. The number of rotatable bonds is 5. The van der Waals surface area contributed by atoms with Crippen LogP contribution in [0.3, 0.4) is 0 Å². The molecule has 0 aliphatic carbocycles. The predicted octanol–water partition coefficient (Wildman–Crippen LogP) is 2.42. The van der Waals surface area contributed by atoms with Crippen LogP contribution in [-0.4, -0.2) is 16.2 Å². The highest BCUT2D eigenvalue weighted by Gasteiger charge is 2.03. The third kappa shape index (κ3) is 3.91. The second kappa shape index (κ2) is 6.50. The standard InChI is InChI=1S/C14H15ClN2O2/c1-11-14(18)17(9-13(15)16-11)7-8-19-10-12-5-3-2-4-6-12/h2-6,9H,7-8,10H2,1H3. The highest BCUT2D eigenvalue weighted by molar-refractivity contribution is 6.29. The highest BCUT2D eigenvalue weighted by Crippen LogP contribution is 2.03. The molecule has 19 heavy (non-hydrogen) atoms. The van der Waals surface area contributed by atoms with Crippen LogP contribution in [0.2, 0.25) is 5.15 Å². The summed E-state index contributed by atoms with van der Waals surface area (Å²) in [5.74, 6) is 0. The van der Waals surface area contributed by atoms with Gasteiger partial charge in [-0.2, -0.15) is 0 Å². The molecule has 1 heterocycles. The number of nitrogens with zero attached hydrogens (tertiary/aromatic N) is 2. The predicted molar refractivity (Wildman–Crippen MR) is 74.3 cm³/mol. The second-order valence-electron chi connectivity index (χ2n) is 4.19. The van der Waals surface area contributed by atoms with Gasteiger partial charge in [0.15, 0.2) is 0 Å². The lowest BCUT2D eigenvalue weighted by Gasteiger charge is -2.08. The van der Waals surface area contributed by atoms with Crippen LogP contribution in [0.4, 0.5) is 0 Å². The molecule has 0 radical (unpaired) electrons. The van der Waals surface area contributed by atoms with Crippen LogP contribution in [-0.2, 0) is 17.9 Å². The Bertz CT molecular complexity index is 596. The summed E-state index contributed by atoms with van der Waals surface area (Å²) in [5.41, 5.74) is 1.38. The molecule has 5 heteroatoms. The minimum absolute atomic E-state index is 0.132. The average Bonchev–Trinajstić information content (AvgIpc) is 2.41. The molecular formula is C14H15ClN2O2. The number of benzene rings is 1. The Hall–Kier alpha value is -1.65. The van der Waals surface area contributed by atoms with Crippen molar-refractivity contribution in [2.45, 2.75) is 20.1 Å². The third-order valence-corrected chi connectivity index (χ3v) is 2.88. The van der Waals surface area contributed by atoms with Crippen LogP contribution in [0.25, 0.3) is 0 Å². The molecule has 0 spiro atoms. The summed E-state index contributed by atoms with van der Waals surface area (Å²) in [4.78, 5) is 15.7. The molecule has 0 unspecified atom stereocenters. The maximum atomic E-state index is 11.8. The number of aromatic nitrogens is 2. The molecule has 0 N–H and O–H groups in total. The monoisotopic (exact) mass is 278 g/mol. The molecule has 0 amide bonds. The summed E-state index contributed by atoms with van der Waals surface area (Å²) in [6.07, 6.45) is 1.53. The van der Waals surface area contributed by atoms with Crippen molar-refractivity contribution in [3.8, 4) is 0 Å². The number of halogens is 1. The van der Waals surface area contributed by atoms with Crippen molar-refractivity contribution in [1.29, 1.82) is 0 Å². The van der Waals surface area contributed by atoms with E-state index >= 15 is 0 Å². The highest BCUT2D eigenvalue weighted by atomic mass is 35.5. The molecule has 0 bridgehead atoms. The topological polar surface area (TPSA) is 44.1 Å². The van der Waals surface area contributed by atoms with Crippen molar-refractivity contribution >= 4 is 11.6 Å². The first-order chi connectivity index (χ1) is 9.16. The van der Waals surface area contributed by atoms with Gasteiger partial charge in [0.05, 0.1) is 13.2 Å². The van der Waals surface area contributed by atoms with E-state index in [2.05, 4.69) is 4.98 Å². The van der Waals surface area contributed by atoms with Gasteiger partial charge in [0.1, 0.15) is 10.8 Å². The Morgan fingerprint density at radius 3 is 2.79 bits per heavy atom. The number of ether oxygens (including phenoxy) is 1. The lowest BCUT2D eigenvalue weighted by atomic mass is 10.2. The molecule has 0 fully saturated rings. The van der Waals surface area contributed by atoms with Crippen LogP contribution >= 0.6 is 11.6 Å². The molecule has 2 aromatic rings. The third-order valence-electron chi connectivity index (χ3n) is 2.70. The smallest absolute Gasteiger partial charge is 0.272 e. The molecule has 0 atom stereocenters. The summed E-state index contributed by atoms with van der Waals surface area (Å²) < 4.78 is 7.06. The van der Waals surface area contributed by atoms with Gasteiger partial charge in [0.2, 0.25) is 0 Å². The Kier molecular flexibility index (Phi) is 4.71. The van der Waals surface area contributed by atoms with E-state index in [9.17, 15) is 4.79 Å². The van der Waals surface area contributed by atoms with Gasteiger partial charge in [-0.15, -0.1) is 0 Å². The number of hydrogen-bond acceptors (Lipinski definition) is 3. The Morgan fingerprint density at radius 1 is 1.32 bits per heavy atom. The molecule has 0 saturated heterocycles. The zero-order valence-corrected chi connectivity index (χ0v) is 11.4. The molecule has 1 aromatic heterocycles. The van der Waals surface area contributed by atoms with Crippen molar-refractivity contribution < 1.29 is 4.74 Å². The SMILES string of the molecule is Cc1nc(Cl)cn(CCOCc2ccccc2)c1=O. The van der Waals surface area contributed by atoms with E-state index in [1.165, 1.54) is 10.8 Å². The van der Waals surface area contributed by atoms with Crippen molar-refractivity contribution in [1.82, 2.24) is 9.55 Å². The fourth-order valence-electron chi connectivity index (χ4n) is 1.73. The molecule has 0 aliphatic heterocycles. The Balaban J connectivity index is 1.88. The fraction of sp³-hybridized carbons (Fsp3) is 0.286. The summed E-state index contributed by atoms with van der Waals surface area (Å²) in [6, 6.07) is 9.90. The van der Waals surface area contributed by atoms with Gasteiger partial charge in [-0.05, 0) is 12.5 Å². The fourth-order valence-corrected chi connectivity index (χ4v) is 1.97. The van der Waals surface area contributed by atoms with Gasteiger partial charge in [-0.3, -0.25) is 4.79 Å². The van der Waals surface area contributed by atoms with Gasteiger partial charge in [0.25, 0.3) is 5.56 Å². The van der Waals surface area contributed by atoms with Crippen LogP contribution in [0.1, 0.15) is 11.3 Å². The lowest BCUT2D eigenvalue weighted by Crippen LogP contribution is -2.25. The maximum Gasteiger partial charge on any atom is 0.272 e. The first-order valence-electron chi connectivity index (χ1n) is 6.02. The summed E-state index contributed by atoms with van der Waals surface area (Å²) in [7, 11) is 0. The summed E-state index contributed by atoms with van der Waals surface area (Å²) in [6.45, 7) is 3.10. The zero-order valence-electron chi connectivity index (χ0n) is 10.7. The van der Waals surface area contributed by atoms with E-state index in [4.69, 9.17) is 16.3 Å². The number of aryl methyl sites for hydroxylation is 1. The second-order valence-corrected chi connectivity index (χ2v) is 4.57. The molecule has 0 saturated carbocycles. The van der Waals surface area contributed by atoms with Gasteiger partial charge in [0, 0.05) is 12.7 Å². The quantitative estimate of drug-likeness (QED) is 0.789. The van der Waals surface area contributed by atoms with E-state index in [0.717, 1.165) is 5.56 Å². The lowest BCUT2D eigenvalue weighted by molar-refractivity contribution is 0.112. The Labute approximate surface area is 116 Å². The van der Waals surface area contributed by atoms with Crippen molar-refractivity contribution in [3.05, 3.63) is 63.3 Å². The Morgan fingerprint density at radius 2 is 2.05 bits per heavy atom. The largest absolute Gasteiger partial charge is 0.375 e. The van der Waals surface area contributed by atoms with Gasteiger partial charge in [-0.1, -0.05) is 41.9 Å². The van der Waals surface area contributed by atoms with Crippen molar-refractivity contribution in [2.75, 3.05) is 6.61 Å². The molecule has 4 nitrogen and oxygen atoms in total. The molecule has 1 aromatic carbocycles. The zero-order chi connectivity index (χ0) is 13.7. The van der Waals surface area contributed by atoms with Gasteiger partial charge < -0.3 is 9.30 Å². The van der Waals surface area contributed by atoms with Gasteiger partial charge >= 0.3 is 0 Å². The normalized spacial score (nSPS) is 10.6. The van der Waals surface area contributed by atoms with E-state index < -0.39 is 0 Å². The molecular weight excluding hydrogens is 264 g/mol.